The Labute approximate surface area is 132 Å². The molecule has 0 saturated carbocycles. The predicted molar refractivity (Wildman–Crippen MR) is 87.5 cm³/mol. The molecule has 0 bridgehead atoms. The van der Waals surface area contributed by atoms with Gasteiger partial charge in [0, 0.05) is 32.6 Å². The first-order valence-corrected chi connectivity index (χ1v) is 7.87. The molecule has 1 aromatic heterocycles. The molecule has 1 amide bonds. The number of hydrogen-bond donors (Lipinski definition) is 2. The zero-order valence-electron chi connectivity index (χ0n) is 12.9. The van der Waals surface area contributed by atoms with Crippen molar-refractivity contribution < 1.29 is 4.79 Å². The molecule has 0 unspecified atom stereocenters. The summed E-state index contributed by atoms with van der Waals surface area (Å²) < 4.78 is 1.46. The number of aromatic nitrogens is 2. The van der Waals surface area contributed by atoms with Crippen LogP contribution in [0.5, 0.6) is 0 Å². The largest absolute Gasteiger partial charge is 0.341 e. The van der Waals surface area contributed by atoms with Gasteiger partial charge in [0.05, 0.1) is 10.9 Å². The number of carbonyl (C=O) groups excluding carboxylic acids is 1. The molecule has 3 rings (SSSR count). The summed E-state index contributed by atoms with van der Waals surface area (Å²) in [6.45, 7) is 3.42. The maximum Gasteiger partial charge on any atom is 0.328 e. The minimum atomic E-state index is -0.473. The van der Waals surface area contributed by atoms with Gasteiger partial charge in [-0.1, -0.05) is 12.1 Å². The molecule has 23 heavy (non-hydrogen) atoms. The van der Waals surface area contributed by atoms with Gasteiger partial charge in [-0.05, 0) is 25.1 Å². The van der Waals surface area contributed by atoms with Crippen LogP contribution in [0.4, 0.5) is 0 Å². The summed E-state index contributed by atoms with van der Waals surface area (Å²) in [5, 5.41) is 3.71. The molecule has 1 aromatic carbocycles. The van der Waals surface area contributed by atoms with E-state index in [1.54, 1.807) is 24.3 Å². The smallest absolute Gasteiger partial charge is 0.328 e. The van der Waals surface area contributed by atoms with E-state index in [1.165, 1.54) is 4.57 Å². The van der Waals surface area contributed by atoms with Gasteiger partial charge in [0.25, 0.3) is 5.56 Å². The first kappa shape index (κ1) is 15.5. The van der Waals surface area contributed by atoms with Crippen molar-refractivity contribution in [1.82, 2.24) is 19.8 Å². The SMILES string of the molecule is O=C(CCn1c(=O)[nH]c(=O)c2ccccc21)N1CCCNCC1. The number of amides is 1. The minimum Gasteiger partial charge on any atom is -0.341 e. The number of aryl methyl sites for hydroxylation is 1. The first-order chi connectivity index (χ1) is 11.2. The van der Waals surface area contributed by atoms with Crippen LogP contribution in [-0.2, 0) is 11.3 Å². The van der Waals surface area contributed by atoms with Gasteiger partial charge in [-0.3, -0.25) is 19.1 Å². The zero-order chi connectivity index (χ0) is 16.2. The Morgan fingerprint density at radius 2 is 1.96 bits per heavy atom. The van der Waals surface area contributed by atoms with Crippen LogP contribution in [0.1, 0.15) is 12.8 Å². The molecule has 1 aliphatic heterocycles. The Morgan fingerprint density at radius 1 is 1.13 bits per heavy atom. The number of rotatable bonds is 3. The molecule has 2 heterocycles. The van der Waals surface area contributed by atoms with Crippen molar-refractivity contribution in [2.24, 2.45) is 0 Å². The molecular formula is C16H20N4O3. The number of benzene rings is 1. The Hall–Kier alpha value is -2.41. The zero-order valence-corrected chi connectivity index (χ0v) is 12.9. The van der Waals surface area contributed by atoms with E-state index in [2.05, 4.69) is 10.3 Å². The number of para-hydroxylation sites is 1. The summed E-state index contributed by atoms with van der Waals surface area (Å²) in [5.74, 6) is 0.0379. The van der Waals surface area contributed by atoms with Crippen molar-refractivity contribution in [1.29, 1.82) is 0 Å². The number of hydrogen-bond acceptors (Lipinski definition) is 4. The van der Waals surface area contributed by atoms with Crippen LogP contribution < -0.4 is 16.6 Å². The third kappa shape index (κ3) is 3.34. The molecule has 0 radical (unpaired) electrons. The van der Waals surface area contributed by atoms with Crippen LogP contribution in [0.15, 0.2) is 33.9 Å². The molecule has 2 N–H and O–H groups in total. The number of carbonyl (C=O) groups is 1. The maximum absolute atomic E-state index is 12.3. The second-order valence-corrected chi connectivity index (χ2v) is 5.66. The van der Waals surface area contributed by atoms with Crippen molar-refractivity contribution >= 4 is 16.8 Å². The Kier molecular flexibility index (Phi) is 4.57. The standard InChI is InChI=1S/C16H20N4O3/c21-14(19-9-3-7-17-8-11-19)6-10-20-13-5-2-1-4-12(13)15(22)18-16(20)23/h1-2,4-5,17H,3,6-11H2,(H,18,22,23). The second kappa shape index (κ2) is 6.78. The van der Waals surface area contributed by atoms with Crippen LogP contribution in [0.2, 0.25) is 0 Å². The average molecular weight is 316 g/mol. The van der Waals surface area contributed by atoms with Gasteiger partial charge in [-0.2, -0.15) is 0 Å². The van der Waals surface area contributed by atoms with Crippen LogP contribution in [0, 0.1) is 0 Å². The van der Waals surface area contributed by atoms with Crippen LogP contribution in [-0.4, -0.2) is 46.5 Å². The van der Waals surface area contributed by atoms with E-state index in [-0.39, 0.29) is 18.9 Å². The van der Waals surface area contributed by atoms with Crippen molar-refractivity contribution in [3.63, 3.8) is 0 Å². The summed E-state index contributed by atoms with van der Waals surface area (Å²) in [7, 11) is 0. The molecule has 0 aliphatic carbocycles. The molecular weight excluding hydrogens is 296 g/mol. The second-order valence-electron chi connectivity index (χ2n) is 5.66. The molecule has 7 nitrogen and oxygen atoms in total. The Bertz CT molecular complexity index is 816. The third-order valence-corrected chi connectivity index (χ3v) is 4.15. The quantitative estimate of drug-likeness (QED) is 0.828. The number of nitrogens with zero attached hydrogens (tertiary/aromatic N) is 2. The van der Waals surface area contributed by atoms with E-state index in [0.717, 1.165) is 26.1 Å². The highest BCUT2D eigenvalue weighted by atomic mass is 16.2. The van der Waals surface area contributed by atoms with E-state index >= 15 is 0 Å². The van der Waals surface area contributed by atoms with E-state index in [1.807, 2.05) is 4.90 Å². The van der Waals surface area contributed by atoms with Crippen molar-refractivity contribution in [2.75, 3.05) is 26.2 Å². The molecule has 1 aliphatic rings. The van der Waals surface area contributed by atoms with E-state index in [0.29, 0.717) is 17.4 Å². The average Bonchev–Trinajstić information content (AvgIpc) is 2.84. The summed E-state index contributed by atoms with van der Waals surface area (Å²) in [4.78, 5) is 40.4. The summed E-state index contributed by atoms with van der Waals surface area (Å²) in [6.07, 6.45) is 1.18. The fourth-order valence-corrected chi connectivity index (χ4v) is 2.93. The summed E-state index contributed by atoms with van der Waals surface area (Å²) in [6, 6.07) is 6.93. The van der Waals surface area contributed by atoms with E-state index in [4.69, 9.17) is 0 Å². The molecule has 7 heteroatoms. The van der Waals surface area contributed by atoms with Crippen LogP contribution in [0.3, 0.4) is 0 Å². The van der Waals surface area contributed by atoms with Crippen molar-refractivity contribution in [3.05, 3.63) is 45.1 Å². The number of H-pyrrole nitrogens is 1. The molecule has 122 valence electrons. The lowest BCUT2D eigenvalue weighted by atomic mass is 10.2. The van der Waals surface area contributed by atoms with Crippen molar-refractivity contribution in [2.45, 2.75) is 19.4 Å². The van der Waals surface area contributed by atoms with Gasteiger partial charge in [0.15, 0.2) is 0 Å². The first-order valence-electron chi connectivity index (χ1n) is 7.87. The molecule has 0 atom stereocenters. The van der Waals surface area contributed by atoms with Crippen molar-refractivity contribution in [3.8, 4) is 0 Å². The Morgan fingerprint density at radius 3 is 2.83 bits per heavy atom. The predicted octanol–water partition coefficient (Wildman–Crippen LogP) is -0.0982. The highest BCUT2D eigenvalue weighted by Crippen LogP contribution is 2.08. The van der Waals surface area contributed by atoms with Gasteiger partial charge >= 0.3 is 5.69 Å². The normalized spacial score (nSPS) is 15.6. The van der Waals surface area contributed by atoms with Crippen LogP contribution in [0.25, 0.3) is 10.9 Å². The number of nitrogens with one attached hydrogen (secondary N) is 2. The highest BCUT2D eigenvalue weighted by Gasteiger charge is 2.16. The number of fused-ring (bicyclic) bond motifs is 1. The van der Waals surface area contributed by atoms with E-state index < -0.39 is 11.2 Å². The monoisotopic (exact) mass is 316 g/mol. The molecule has 1 fully saturated rings. The fourth-order valence-electron chi connectivity index (χ4n) is 2.93. The molecule has 0 spiro atoms. The number of aromatic amines is 1. The Balaban J connectivity index is 1.80. The van der Waals surface area contributed by atoms with Gasteiger partial charge < -0.3 is 10.2 Å². The summed E-state index contributed by atoms with van der Waals surface area (Å²) in [5.41, 5.74) is -0.308. The van der Waals surface area contributed by atoms with Crippen LogP contribution >= 0.6 is 0 Å². The topological polar surface area (TPSA) is 87.2 Å². The summed E-state index contributed by atoms with van der Waals surface area (Å²) >= 11 is 0. The fraction of sp³-hybridized carbons (Fsp3) is 0.438. The lowest BCUT2D eigenvalue weighted by molar-refractivity contribution is -0.131. The van der Waals surface area contributed by atoms with Gasteiger partial charge in [-0.15, -0.1) is 0 Å². The van der Waals surface area contributed by atoms with Gasteiger partial charge in [0.1, 0.15) is 0 Å². The highest BCUT2D eigenvalue weighted by molar-refractivity contribution is 5.79. The minimum absolute atomic E-state index is 0.0379. The van der Waals surface area contributed by atoms with Gasteiger partial charge in [0.2, 0.25) is 5.91 Å². The lowest BCUT2D eigenvalue weighted by Crippen LogP contribution is -2.36. The van der Waals surface area contributed by atoms with E-state index in [9.17, 15) is 14.4 Å². The maximum atomic E-state index is 12.3. The third-order valence-electron chi connectivity index (χ3n) is 4.15. The van der Waals surface area contributed by atoms with Gasteiger partial charge in [-0.25, -0.2) is 4.79 Å². The lowest BCUT2D eigenvalue weighted by Gasteiger charge is -2.20. The molecule has 2 aromatic rings. The molecule has 1 saturated heterocycles.